The molecular formula is C22H25N5O. The van der Waals surface area contributed by atoms with Gasteiger partial charge >= 0.3 is 0 Å². The van der Waals surface area contributed by atoms with Crippen LogP contribution >= 0.6 is 0 Å². The summed E-state index contributed by atoms with van der Waals surface area (Å²) in [6, 6.07) is 16.0. The number of hydrogen-bond acceptors (Lipinski definition) is 5. The normalized spacial score (nSPS) is 10.5. The predicted molar refractivity (Wildman–Crippen MR) is 114 cm³/mol. The Morgan fingerprint density at radius 3 is 2.32 bits per heavy atom. The van der Waals surface area contributed by atoms with Crippen LogP contribution in [0.15, 0.2) is 48.5 Å². The Labute approximate surface area is 165 Å². The first-order valence-corrected chi connectivity index (χ1v) is 9.23. The largest absolute Gasteiger partial charge is 0.370 e. The van der Waals surface area contributed by atoms with Crippen molar-refractivity contribution in [3.05, 3.63) is 65.2 Å². The van der Waals surface area contributed by atoms with E-state index in [1.54, 1.807) is 0 Å². The van der Waals surface area contributed by atoms with E-state index >= 15 is 0 Å². The molecule has 3 rings (SSSR count). The van der Waals surface area contributed by atoms with Crippen molar-refractivity contribution in [3.8, 4) is 11.3 Å². The van der Waals surface area contributed by atoms with Crippen molar-refractivity contribution >= 4 is 23.4 Å². The number of nitrogens with two attached hydrogens (primary N) is 1. The Bertz CT molecular complexity index is 962. The Kier molecular flexibility index (Phi) is 5.89. The monoisotopic (exact) mass is 375 g/mol. The van der Waals surface area contributed by atoms with E-state index < -0.39 is 0 Å². The third kappa shape index (κ3) is 5.30. The lowest BCUT2D eigenvalue weighted by Gasteiger charge is -2.10. The average molecular weight is 375 g/mol. The second-order valence-corrected chi connectivity index (χ2v) is 6.93. The van der Waals surface area contributed by atoms with Crippen molar-refractivity contribution in [2.45, 2.75) is 27.2 Å². The molecule has 0 atom stereocenters. The molecule has 0 aliphatic heterocycles. The SMILES string of the molecule is CC(=O)Nc1ccc(CCNc2cc(-c3cc(C)cc(C)c3)nc(N)n2)cc1. The summed E-state index contributed by atoms with van der Waals surface area (Å²) in [5.41, 5.74) is 12.1. The maximum absolute atomic E-state index is 11.1. The minimum absolute atomic E-state index is 0.0737. The third-order valence-electron chi connectivity index (χ3n) is 4.25. The van der Waals surface area contributed by atoms with Crippen molar-refractivity contribution in [1.29, 1.82) is 0 Å². The maximum Gasteiger partial charge on any atom is 0.222 e. The zero-order valence-corrected chi connectivity index (χ0v) is 16.4. The smallest absolute Gasteiger partial charge is 0.222 e. The lowest BCUT2D eigenvalue weighted by atomic mass is 10.0. The number of aromatic nitrogens is 2. The molecule has 0 aliphatic carbocycles. The molecule has 6 nitrogen and oxygen atoms in total. The van der Waals surface area contributed by atoms with Gasteiger partial charge in [-0.2, -0.15) is 4.98 Å². The van der Waals surface area contributed by atoms with Crippen molar-refractivity contribution in [2.75, 3.05) is 22.9 Å². The molecule has 2 aromatic carbocycles. The van der Waals surface area contributed by atoms with Gasteiger partial charge in [-0.1, -0.05) is 29.3 Å². The number of carbonyl (C=O) groups is 1. The first-order chi connectivity index (χ1) is 13.4. The Morgan fingerprint density at radius 2 is 1.68 bits per heavy atom. The molecule has 6 heteroatoms. The number of anilines is 3. The van der Waals surface area contributed by atoms with Gasteiger partial charge in [-0.05, 0) is 50.1 Å². The second-order valence-electron chi connectivity index (χ2n) is 6.93. The zero-order valence-electron chi connectivity index (χ0n) is 16.4. The second kappa shape index (κ2) is 8.52. The lowest BCUT2D eigenvalue weighted by Crippen LogP contribution is -2.09. The average Bonchev–Trinajstić information content (AvgIpc) is 2.61. The van der Waals surface area contributed by atoms with Crippen molar-refractivity contribution in [2.24, 2.45) is 0 Å². The highest BCUT2D eigenvalue weighted by atomic mass is 16.1. The van der Waals surface area contributed by atoms with Crippen molar-refractivity contribution in [1.82, 2.24) is 9.97 Å². The summed E-state index contributed by atoms with van der Waals surface area (Å²) in [6.45, 7) is 6.34. The van der Waals surface area contributed by atoms with E-state index in [9.17, 15) is 4.79 Å². The van der Waals surface area contributed by atoms with Crippen LogP contribution in [0.25, 0.3) is 11.3 Å². The summed E-state index contributed by atoms with van der Waals surface area (Å²) in [7, 11) is 0. The third-order valence-corrected chi connectivity index (χ3v) is 4.25. The van der Waals surface area contributed by atoms with Gasteiger partial charge in [-0.3, -0.25) is 4.79 Å². The number of benzene rings is 2. The number of nitrogen functional groups attached to an aromatic ring is 1. The highest BCUT2D eigenvalue weighted by molar-refractivity contribution is 5.88. The number of rotatable bonds is 6. The van der Waals surface area contributed by atoms with E-state index in [-0.39, 0.29) is 11.9 Å². The molecule has 1 heterocycles. The molecule has 4 N–H and O–H groups in total. The van der Waals surface area contributed by atoms with E-state index in [2.05, 4.69) is 52.6 Å². The highest BCUT2D eigenvalue weighted by Crippen LogP contribution is 2.23. The molecule has 0 saturated carbocycles. The summed E-state index contributed by atoms with van der Waals surface area (Å²) >= 11 is 0. The van der Waals surface area contributed by atoms with Crippen molar-refractivity contribution < 1.29 is 4.79 Å². The lowest BCUT2D eigenvalue weighted by molar-refractivity contribution is -0.114. The Balaban J connectivity index is 1.66. The van der Waals surface area contributed by atoms with Gasteiger partial charge in [0.25, 0.3) is 0 Å². The van der Waals surface area contributed by atoms with Gasteiger partial charge in [0.2, 0.25) is 11.9 Å². The van der Waals surface area contributed by atoms with Crippen LogP contribution in [-0.4, -0.2) is 22.4 Å². The summed E-state index contributed by atoms with van der Waals surface area (Å²) in [5, 5.41) is 6.08. The quantitative estimate of drug-likeness (QED) is 0.606. The molecule has 0 bridgehead atoms. The fourth-order valence-electron chi connectivity index (χ4n) is 3.12. The number of carbonyl (C=O) groups excluding carboxylic acids is 1. The maximum atomic E-state index is 11.1. The van der Waals surface area contributed by atoms with Gasteiger partial charge in [-0.15, -0.1) is 0 Å². The predicted octanol–water partition coefficient (Wildman–Crippen LogP) is 3.96. The first-order valence-electron chi connectivity index (χ1n) is 9.23. The van der Waals surface area contributed by atoms with Crippen LogP contribution < -0.4 is 16.4 Å². The molecular weight excluding hydrogens is 350 g/mol. The van der Waals surface area contributed by atoms with E-state index in [1.165, 1.54) is 18.1 Å². The van der Waals surface area contributed by atoms with Gasteiger partial charge in [0, 0.05) is 30.8 Å². The van der Waals surface area contributed by atoms with Crippen LogP contribution in [0.3, 0.4) is 0 Å². The molecule has 1 amide bonds. The molecule has 28 heavy (non-hydrogen) atoms. The molecule has 1 aromatic heterocycles. The molecule has 144 valence electrons. The number of aryl methyl sites for hydroxylation is 2. The van der Waals surface area contributed by atoms with Crippen LogP contribution in [0.2, 0.25) is 0 Å². The number of hydrogen-bond donors (Lipinski definition) is 3. The minimum Gasteiger partial charge on any atom is -0.370 e. The van der Waals surface area contributed by atoms with Gasteiger partial charge in [0.05, 0.1) is 5.69 Å². The number of nitrogens with one attached hydrogen (secondary N) is 2. The zero-order chi connectivity index (χ0) is 20.1. The first kappa shape index (κ1) is 19.4. The molecule has 0 fully saturated rings. The molecule has 0 radical (unpaired) electrons. The van der Waals surface area contributed by atoms with Crippen LogP contribution in [-0.2, 0) is 11.2 Å². The van der Waals surface area contributed by atoms with E-state index in [0.717, 1.165) is 28.9 Å². The number of nitrogens with zero attached hydrogens (tertiary/aromatic N) is 2. The van der Waals surface area contributed by atoms with E-state index in [1.807, 2.05) is 30.3 Å². The van der Waals surface area contributed by atoms with Crippen LogP contribution in [0, 0.1) is 13.8 Å². The molecule has 0 spiro atoms. The van der Waals surface area contributed by atoms with Gasteiger partial charge in [0.1, 0.15) is 5.82 Å². The molecule has 0 aliphatic rings. The van der Waals surface area contributed by atoms with E-state index in [0.29, 0.717) is 12.4 Å². The highest BCUT2D eigenvalue weighted by Gasteiger charge is 2.06. The van der Waals surface area contributed by atoms with Gasteiger partial charge < -0.3 is 16.4 Å². The summed E-state index contributed by atoms with van der Waals surface area (Å²) in [5.74, 6) is 0.880. The molecule has 0 unspecified atom stereocenters. The standard InChI is InChI=1S/C22H25N5O/c1-14-10-15(2)12-18(11-14)20-13-21(27-22(23)26-20)24-9-8-17-4-6-19(7-5-17)25-16(3)28/h4-7,10-13H,8-9H2,1-3H3,(H,25,28)(H3,23,24,26,27). The molecule has 3 aromatic rings. The fraction of sp³-hybridized carbons (Fsp3) is 0.227. The Hall–Kier alpha value is -3.41. The topological polar surface area (TPSA) is 92.9 Å². The number of amides is 1. The minimum atomic E-state index is -0.0737. The van der Waals surface area contributed by atoms with Gasteiger partial charge in [0.15, 0.2) is 0 Å². The fourth-order valence-corrected chi connectivity index (χ4v) is 3.12. The molecule has 0 saturated heterocycles. The summed E-state index contributed by atoms with van der Waals surface area (Å²) < 4.78 is 0. The van der Waals surface area contributed by atoms with Gasteiger partial charge in [-0.25, -0.2) is 4.98 Å². The summed E-state index contributed by atoms with van der Waals surface area (Å²) in [4.78, 5) is 19.7. The van der Waals surface area contributed by atoms with E-state index in [4.69, 9.17) is 5.73 Å². The Morgan fingerprint density at radius 1 is 1.00 bits per heavy atom. The summed E-state index contributed by atoms with van der Waals surface area (Å²) in [6.07, 6.45) is 0.823. The van der Waals surface area contributed by atoms with Crippen LogP contribution in [0.5, 0.6) is 0 Å². The van der Waals surface area contributed by atoms with Crippen LogP contribution in [0.4, 0.5) is 17.5 Å². The van der Waals surface area contributed by atoms with Crippen LogP contribution in [0.1, 0.15) is 23.6 Å². The van der Waals surface area contributed by atoms with Crippen molar-refractivity contribution in [3.63, 3.8) is 0 Å².